The zero-order valence-corrected chi connectivity index (χ0v) is 8.47. The van der Waals surface area contributed by atoms with Crippen molar-refractivity contribution in [2.45, 2.75) is 25.0 Å². The Labute approximate surface area is 74.3 Å². The van der Waals surface area contributed by atoms with E-state index >= 15 is 0 Å². The van der Waals surface area contributed by atoms with Gasteiger partial charge < -0.3 is 5.73 Å². The molecule has 0 radical (unpaired) electrons. The molecule has 1 rings (SSSR count). The van der Waals surface area contributed by atoms with Gasteiger partial charge in [0.15, 0.2) is 0 Å². The smallest absolute Gasteiger partial charge is 0.150 e. The summed E-state index contributed by atoms with van der Waals surface area (Å²) < 4.78 is 22.4. The predicted molar refractivity (Wildman–Crippen MR) is 49.6 cm³/mol. The fourth-order valence-corrected chi connectivity index (χ4v) is 3.20. The lowest BCUT2D eigenvalue weighted by Crippen LogP contribution is -2.18. The molecule has 1 aliphatic rings. The molecule has 0 amide bonds. The Morgan fingerprint density at radius 2 is 2.00 bits per heavy atom. The monoisotopic (exact) mass is 191 g/mol. The van der Waals surface area contributed by atoms with Gasteiger partial charge in [0, 0.05) is 6.26 Å². The molecule has 72 valence electrons. The van der Waals surface area contributed by atoms with E-state index in [9.17, 15) is 8.42 Å². The zero-order chi connectivity index (χ0) is 9.35. The zero-order valence-electron chi connectivity index (χ0n) is 7.66. The molecule has 0 aromatic carbocycles. The molecule has 3 unspecified atom stereocenters. The molecule has 0 heterocycles. The Bertz CT molecular complexity index is 248. The van der Waals surface area contributed by atoms with Gasteiger partial charge in [-0.1, -0.05) is 6.92 Å². The first-order valence-corrected chi connectivity index (χ1v) is 6.29. The van der Waals surface area contributed by atoms with Gasteiger partial charge in [-0.2, -0.15) is 0 Å². The summed E-state index contributed by atoms with van der Waals surface area (Å²) in [5.74, 6) is 0.874. The molecular weight excluding hydrogens is 174 g/mol. The maximum absolute atomic E-state index is 11.2. The average molecular weight is 191 g/mol. The Hall–Kier alpha value is -0.0900. The molecule has 1 saturated carbocycles. The molecule has 0 saturated heterocycles. The fraction of sp³-hybridized carbons (Fsp3) is 1.00. The third kappa shape index (κ3) is 1.98. The van der Waals surface area contributed by atoms with Gasteiger partial charge in [0.2, 0.25) is 0 Å². The maximum Gasteiger partial charge on any atom is 0.150 e. The van der Waals surface area contributed by atoms with Crippen LogP contribution in [0.5, 0.6) is 0 Å². The van der Waals surface area contributed by atoms with Crippen molar-refractivity contribution in [1.29, 1.82) is 0 Å². The van der Waals surface area contributed by atoms with Gasteiger partial charge in [-0.25, -0.2) is 8.42 Å². The third-order valence-corrected chi connectivity index (χ3v) is 4.51. The summed E-state index contributed by atoms with van der Waals surface area (Å²) in [6, 6.07) is 0. The third-order valence-electron chi connectivity index (χ3n) is 2.91. The van der Waals surface area contributed by atoms with Crippen LogP contribution in [0.25, 0.3) is 0 Å². The highest BCUT2D eigenvalue weighted by atomic mass is 32.2. The highest BCUT2D eigenvalue weighted by Gasteiger charge is 2.35. The van der Waals surface area contributed by atoms with E-state index in [1.165, 1.54) is 6.26 Å². The van der Waals surface area contributed by atoms with E-state index in [-0.39, 0.29) is 5.25 Å². The van der Waals surface area contributed by atoms with E-state index in [1.54, 1.807) is 0 Å². The van der Waals surface area contributed by atoms with Crippen LogP contribution in [0.2, 0.25) is 0 Å². The molecular formula is C8H17NO2S. The lowest BCUT2D eigenvalue weighted by atomic mass is 9.99. The van der Waals surface area contributed by atoms with E-state index in [0.29, 0.717) is 18.4 Å². The van der Waals surface area contributed by atoms with Crippen LogP contribution in [0.15, 0.2) is 0 Å². The van der Waals surface area contributed by atoms with Crippen LogP contribution >= 0.6 is 0 Å². The van der Waals surface area contributed by atoms with Crippen LogP contribution < -0.4 is 5.73 Å². The summed E-state index contributed by atoms with van der Waals surface area (Å²) in [7, 11) is -2.83. The molecule has 1 fully saturated rings. The Morgan fingerprint density at radius 3 is 2.25 bits per heavy atom. The lowest BCUT2D eigenvalue weighted by molar-refractivity contribution is 0.429. The van der Waals surface area contributed by atoms with Gasteiger partial charge in [0.25, 0.3) is 0 Å². The second kappa shape index (κ2) is 3.34. The highest BCUT2D eigenvalue weighted by molar-refractivity contribution is 7.91. The van der Waals surface area contributed by atoms with E-state index in [1.807, 2.05) is 0 Å². The second-order valence-corrected chi connectivity index (χ2v) is 6.22. The van der Waals surface area contributed by atoms with Crippen LogP contribution in [0, 0.1) is 11.8 Å². The van der Waals surface area contributed by atoms with Crippen molar-refractivity contribution in [3.05, 3.63) is 0 Å². The quantitative estimate of drug-likeness (QED) is 0.687. The first kappa shape index (κ1) is 9.99. The first-order chi connectivity index (χ1) is 5.45. The molecule has 0 aliphatic heterocycles. The number of nitrogens with two attached hydrogens (primary N) is 1. The molecule has 2 N–H and O–H groups in total. The molecule has 0 spiro atoms. The van der Waals surface area contributed by atoms with Crippen LogP contribution in [-0.2, 0) is 9.84 Å². The number of hydrogen-bond acceptors (Lipinski definition) is 3. The van der Waals surface area contributed by atoms with Crippen molar-refractivity contribution in [1.82, 2.24) is 0 Å². The number of sulfone groups is 1. The average Bonchev–Trinajstić information content (AvgIpc) is 2.29. The summed E-state index contributed by atoms with van der Waals surface area (Å²) in [4.78, 5) is 0. The fourth-order valence-electron chi connectivity index (χ4n) is 1.95. The second-order valence-electron chi connectivity index (χ2n) is 3.90. The molecule has 0 bridgehead atoms. The standard InChI is InChI=1S/C8H17NO2S/c1-6-3-8(12(2,10)11)4-7(6)5-9/h6-8H,3-5,9H2,1-2H3. The predicted octanol–water partition coefficient (Wildman–Crippen LogP) is 0.404. The van der Waals surface area contributed by atoms with Crippen molar-refractivity contribution < 1.29 is 8.42 Å². The SMILES string of the molecule is CC1CC(S(C)(=O)=O)CC1CN. The summed E-state index contributed by atoms with van der Waals surface area (Å²) in [6.07, 6.45) is 2.88. The summed E-state index contributed by atoms with van der Waals surface area (Å²) >= 11 is 0. The minimum Gasteiger partial charge on any atom is -0.330 e. The van der Waals surface area contributed by atoms with Gasteiger partial charge in [0.05, 0.1) is 5.25 Å². The molecule has 0 aromatic rings. The van der Waals surface area contributed by atoms with Crippen LogP contribution in [0.3, 0.4) is 0 Å². The van der Waals surface area contributed by atoms with E-state index in [4.69, 9.17) is 5.73 Å². The Balaban J connectivity index is 2.67. The summed E-state index contributed by atoms with van der Waals surface area (Å²) in [6.45, 7) is 2.70. The van der Waals surface area contributed by atoms with Crippen LogP contribution in [-0.4, -0.2) is 26.5 Å². The van der Waals surface area contributed by atoms with Crippen LogP contribution in [0.4, 0.5) is 0 Å². The van der Waals surface area contributed by atoms with E-state index in [2.05, 4.69) is 6.92 Å². The summed E-state index contributed by atoms with van der Waals surface area (Å²) in [5, 5.41) is -0.138. The topological polar surface area (TPSA) is 60.2 Å². The van der Waals surface area contributed by atoms with Gasteiger partial charge >= 0.3 is 0 Å². The van der Waals surface area contributed by atoms with Gasteiger partial charge in [-0.15, -0.1) is 0 Å². The Morgan fingerprint density at radius 1 is 1.42 bits per heavy atom. The lowest BCUT2D eigenvalue weighted by Gasteiger charge is -2.10. The first-order valence-electron chi connectivity index (χ1n) is 4.34. The molecule has 12 heavy (non-hydrogen) atoms. The Kier molecular flexibility index (Phi) is 2.78. The normalized spacial score (nSPS) is 37.1. The number of rotatable bonds is 2. The molecule has 0 aromatic heterocycles. The van der Waals surface area contributed by atoms with Gasteiger partial charge in [-0.3, -0.25) is 0 Å². The van der Waals surface area contributed by atoms with Crippen LogP contribution in [0.1, 0.15) is 19.8 Å². The maximum atomic E-state index is 11.2. The van der Waals surface area contributed by atoms with Gasteiger partial charge in [-0.05, 0) is 31.2 Å². The molecule has 4 heteroatoms. The van der Waals surface area contributed by atoms with E-state index in [0.717, 1.165) is 12.8 Å². The van der Waals surface area contributed by atoms with Crippen molar-refractivity contribution in [2.75, 3.05) is 12.8 Å². The molecule has 1 aliphatic carbocycles. The van der Waals surface area contributed by atoms with Crippen molar-refractivity contribution in [3.63, 3.8) is 0 Å². The molecule has 3 atom stereocenters. The van der Waals surface area contributed by atoms with Crippen molar-refractivity contribution in [2.24, 2.45) is 17.6 Å². The minimum atomic E-state index is -2.83. The molecule has 3 nitrogen and oxygen atoms in total. The highest BCUT2D eigenvalue weighted by Crippen LogP contribution is 2.34. The largest absolute Gasteiger partial charge is 0.330 e. The van der Waals surface area contributed by atoms with Gasteiger partial charge in [0.1, 0.15) is 9.84 Å². The minimum absolute atomic E-state index is 0.138. The van der Waals surface area contributed by atoms with Crippen molar-refractivity contribution in [3.8, 4) is 0 Å². The van der Waals surface area contributed by atoms with Crippen molar-refractivity contribution >= 4 is 9.84 Å². The van der Waals surface area contributed by atoms with E-state index < -0.39 is 9.84 Å². The summed E-state index contributed by atoms with van der Waals surface area (Å²) in [5.41, 5.74) is 5.53. The number of hydrogen-bond donors (Lipinski definition) is 1.